The number of aliphatic hydroxyl groups excluding tert-OH is 1. The molecule has 2 rings (SSSR count). The summed E-state index contributed by atoms with van der Waals surface area (Å²) in [5.41, 5.74) is -0.580. The number of aliphatic hydroxyl groups is 1. The largest absolute Gasteiger partial charge is 0.391 e. The summed E-state index contributed by atoms with van der Waals surface area (Å²) in [6.45, 7) is 0.979. The zero-order chi connectivity index (χ0) is 13.9. The Hall–Kier alpha value is -0.510. The molecular formula is C11H17NO5S2. The van der Waals surface area contributed by atoms with Gasteiger partial charge in [0.2, 0.25) is 10.0 Å². The molecule has 108 valence electrons. The molecule has 1 atom stereocenters. The normalized spacial score (nSPS) is 23.9. The number of ether oxygens (including phenoxy) is 2. The van der Waals surface area contributed by atoms with E-state index in [9.17, 15) is 8.42 Å². The predicted octanol–water partition coefficient (Wildman–Crippen LogP) is 0.324. The first-order valence-corrected chi connectivity index (χ1v) is 8.18. The first-order valence-electron chi connectivity index (χ1n) is 5.82. The molecule has 1 fully saturated rings. The second-order valence-corrected chi connectivity index (χ2v) is 7.18. The van der Waals surface area contributed by atoms with E-state index in [0.29, 0.717) is 24.5 Å². The van der Waals surface area contributed by atoms with Crippen LogP contribution in [0.2, 0.25) is 0 Å². The lowest BCUT2D eigenvalue weighted by atomic mass is 10.0. The third-order valence-corrected chi connectivity index (χ3v) is 5.63. The molecule has 6 nitrogen and oxygen atoms in total. The van der Waals surface area contributed by atoms with Gasteiger partial charge in [0.1, 0.15) is 5.60 Å². The van der Waals surface area contributed by atoms with Crippen molar-refractivity contribution in [3.8, 4) is 0 Å². The van der Waals surface area contributed by atoms with Crippen LogP contribution in [0.3, 0.4) is 0 Å². The Morgan fingerprint density at radius 2 is 2.42 bits per heavy atom. The number of hydrogen-bond donors (Lipinski definition) is 2. The van der Waals surface area contributed by atoms with Crippen LogP contribution in [0, 0.1) is 0 Å². The van der Waals surface area contributed by atoms with Crippen LogP contribution in [0.25, 0.3) is 0 Å². The molecule has 8 heteroatoms. The molecule has 2 heterocycles. The van der Waals surface area contributed by atoms with E-state index in [2.05, 4.69) is 4.72 Å². The Morgan fingerprint density at radius 3 is 2.95 bits per heavy atom. The molecule has 0 aliphatic carbocycles. The lowest BCUT2D eigenvalue weighted by molar-refractivity contribution is -0.0120. The Bertz CT molecular complexity index is 519. The van der Waals surface area contributed by atoms with E-state index in [0.717, 1.165) is 0 Å². The van der Waals surface area contributed by atoms with Crippen molar-refractivity contribution in [1.29, 1.82) is 0 Å². The molecule has 0 radical (unpaired) electrons. The highest BCUT2D eigenvalue weighted by Gasteiger charge is 2.36. The molecule has 0 aromatic carbocycles. The first kappa shape index (κ1) is 14.9. The van der Waals surface area contributed by atoms with Gasteiger partial charge in [0.15, 0.2) is 0 Å². The highest BCUT2D eigenvalue weighted by Crippen LogP contribution is 2.23. The van der Waals surface area contributed by atoms with Crippen molar-refractivity contribution in [3.05, 3.63) is 16.3 Å². The summed E-state index contributed by atoms with van der Waals surface area (Å²) >= 11 is 1.21. The zero-order valence-corrected chi connectivity index (χ0v) is 12.2. The molecule has 1 saturated heterocycles. The average Bonchev–Trinajstić information content (AvgIpc) is 3.06. The molecule has 0 spiro atoms. The zero-order valence-electron chi connectivity index (χ0n) is 10.6. The van der Waals surface area contributed by atoms with Crippen molar-refractivity contribution in [2.24, 2.45) is 0 Å². The third kappa shape index (κ3) is 3.33. The van der Waals surface area contributed by atoms with E-state index in [4.69, 9.17) is 14.6 Å². The van der Waals surface area contributed by atoms with Crippen molar-refractivity contribution in [2.45, 2.75) is 23.5 Å². The van der Waals surface area contributed by atoms with Gasteiger partial charge < -0.3 is 14.6 Å². The molecule has 19 heavy (non-hydrogen) atoms. The van der Waals surface area contributed by atoms with Gasteiger partial charge in [0.05, 0.1) is 18.1 Å². The fourth-order valence-electron chi connectivity index (χ4n) is 1.86. The van der Waals surface area contributed by atoms with E-state index in [-0.39, 0.29) is 18.0 Å². The van der Waals surface area contributed by atoms with E-state index in [1.165, 1.54) is 22.8 Å². The van der Waals surface area contributed by atoms with Gasteiger partial charge in [-0.15, -0.1) is 11.3 Å². The summed E-state index contributed by atoms with van der Waals surface area (Å²) in [6, 6.07) is 1.47. The number of methoxy groups -OCH3 is 1. The van der Waals surface area contributed by atoms with Crippen molar-refractivity contribution in [2.75, 3.05) is 26.9 Å². The number of thiophene rings is 1. The Morgan fingerprint density at radius 1 is 1.63 bits per heavy atom. The van der Waals surface area contributed by atoms with Crippen LogP contribution in [0.5, 0.6) is 0 Å². The molecule has 1 aliphatic rings. The van der Waals surface area contributed by atoms with Crippen molar-refractivity contribution < 1.29 is 23.0 Å². The van der Waals surface area contributed by atoms with Crippen LogP contribution in [0.4, 0.5) is 0 Å². The molecular weight excluding hydrogens is 290 g/mol. The third-order valence-electron chi connectivity index (χ3n) is 3.18. The quantitative estimate of drug-likeness (QED) is 0.791. The van der Waals surface area contributed by atoms with Gasteiger partial charge in [0, 0.05) is 36.9 Å². The van der Waals surface area contributed by atoms with Gasteiger partial charge in [-0.1, -0.05) is 0 Å². The maximum absolute atomic E-state index is 12.1. The van der Waals surface area contributed by atoms with Gasteiger partial charge in [-0.2, -0.15) is 0 Å². The van der Waals surface area contributed by atoms with Gasteiger partial charge in [-0.05, 0) is 6.07 Å². The topological polar surface area (TPSA) is 84.9 Å². The molecule has 0 bridgehead atoms. The highest BCUT2D eigenvalue weighted by atomic mass is 32.2. The predicted molar refractivity (Wildman–Crippen MR) is 70.6 cm³/mol. The Balaban J connectivity index is 2.05. The monoisotopic (exact) mass is 307 g/mol. The minimum absolute atomic E-state index is 0.157. The molecule has 1 aromatic heterocycles. The maximum Gasteiger partial charge on any atom is 0.241 e. The van der Waals surface area contributed by atoms with E-state index >= 15 is 0 Å². The van der Waals surface area contributed by atoms with Gasteiger partial charge in [-0.25, -0.2) is 13.1 Å². The van der Waals surface area contributed by atoms with E-state index < -0.39 is 15.6 Å². The molecule has 0 saturated carbocycles. The maximum atomic E-state index is 12.1. The first-order chi connectivity index (χ1) is 9.01. The van der Waals surface area contributed by atoms with Crippen LogP contribution < -0.4 is 4.72 Å². The second-order valence-electron chi connectivity index (χ2n) is 4.42. The number of sulfonamides is 1. The SMILES string of the molecule is COC1(CNS(=O)(=O)c2csc(CO)c2)CCOC1. The summed E-state index contributed by atoms with van der Waals surface area (Å²) < 4.78 is 37.3. The Kier molecular flexibility index (Phi) is 4.59. The van der Waals surface area contributed by atoms with E-state index in [1.54, 1.807) is 7.11 Å². The molecule has 1 aliphatic heterocycles. The average molecular weight is 307 g/mol. The van der Waals surface area contributed by atoms with Gasteiger partial charge >= 0.3 is 0 Å². The van der Waals surface area contributed by atoms with Gasteiger partial charge in [-0.3, -0.25) is 0 Å². The second kappa shape index (κ2) is 5.86. The summed E-state index contributed by atoms with van der Waals surface area (Å²) in [4.78, 5) is 0.790. The molecule has 0 amide bonds. The van der Waals surface area contributed by atoms with Crippen LogP contribution in [-0.2, 0) is 26.1 Å². The summed E-state index contributed by atoms with van der Waals surface area (Å²) in [7, 11) is -2.02. The fraction of sp³-hybridized carbons (Fsp3) is 0.636. The molecule has 1 aromatic rings. The highest BCUT2D eigenvalue weighted by molar-refractivity contribution is 7.89. The minimum Gasteiger partial charge on any atom is -0.391 e. The molecule has 2 N–H and O–H groups in total. The summed E-state index contributed by atoms with van der Waals surface area (Å²) in [5.74, 6) is 0. The van der Waals surface area contributed by atoms with Crippen LogP contribution >= 0.6 is 11.3 Å². The lowest BCUT2D eigenvalue weighted by Crippen LogP contribution is -2.44. The number of nitrogens with one attached hydrogen (secondary N) is 1. The molecule has 1 unspecified atom stereocenters. The van der Waals surface area contributed by atoms with Crippen molar-refractivity contribution in [3.63, 3.8) is 0 Å². The fourth-order valence-corrected chi connectivity index (χ4v) is 4.10. The summed E-state index contributed by atoms with van der Waals surface area (Å²) in [5, 5.41) is 10.5. The van der Waals surface area contributed by atoms with Crippen molar-refractivity contribution >= 4 is 21.4 Å². The smallest absolute Gasteiger partial charge is 0.241 e. The van der Waals surface area contributed by atoms with Crippen LogP contribution in [0.1, 0.15) is 11.3 Å². The van der Waals surface area contributed by atoms with E-state index in [1.807, 2.05) is 0 Å². The summed E-state index contributed by atoms with van der Waals surface area (Å²) in [6.07, 6.45) is 0.664. The van der Waals surface area contributed by atoms with Crippen molar-refractivity contribution in [1.82, 2.24) is 4.72 Å². The van der Waals surface area contributed by atoms with Crippen LogP contribution in [-0.4, -0.2) is 46.0 Å². The van der Waals surface area contributed by atoms with Gasteiger partial charge in [0.25, 0.3) is 0 Å². The number of hydrogen-bond acceptors (Lipinski definition) is 6. The Labute approximate surface area is 116 Å². The minimum atomic E-state index is -3.57. The standard InChI is InChI=1S/C11H17NO5S2/c1-16-11(2-3-17-8-11)7-12-19(14,15)10-4-9(5-13)18-6-10/h4,6,12-13H,2-3,5,7-8H2,1H3. The lowest BCUT2D eigenvalue weighted by Gasteiger charge is -2.25. The number of rotatable bonds is 6. The van der Waals surface area contributed by atoms with Crippen LogP contribution in [0.15, 0.2) is 16.3 Å².